The van der Waals surface area contributed by atoms with E-state index in [4.69, 9.17) is 14.6 Å². The zero-order valence-electron chi connectivity index (χ0n) is 10.1. The maximum Gasteiger partial charge on any atom is 0.122 e. The van der Waals surface area contributed by atoms with Crippen LogP contribution in [0.25, 0.3) is 0 Å². The summed E-state index contributed by atoms with van der Waals surface area (Å²) in [6.45, 7) is 4.54. The molecule has 0 amide bonds. The zero-order chi connectivity index (χ0) is 12.0. The van der Waals surface area contributed by atoms with Gasteiger partial charge in [0, 0.05) is 25.8 Å². The lowest BCUT2D eigenvalue weighted by atomic mass is 10.1. The van der Waals surface area contributed by atoms with E-state index < -0.39 is 0 Å². The Morgan fingerprint density at radius 2 is 2.19 bits per heavy atom. The van der Waals surface area contributed by atoms with Crippen LogP contribution in [0.5, 0.6) is 5.75 Å². The molecule has 1 aromatic rings. The minimum absolute atomic E-state index is 0.0687. The van der Waals surface area contributed by atoms with Crippen LogP contribution in [0.15, 0.2) is 18.3 Å². The molecule has 1 N–H and O–H groups in total. The Bertz CT molecular complexity index is 326. The van der Waals surface area contributed by atoms with Crippen molar-refractivity contribution in [2.45, 2.75) is 32.5 Å². The summed E-state index contributed by atoms with van der Waals surface area (Å²) in [5.74, 6) is 0.728. The molecule has 1 rings (SSSR count). The molecule has 0 saturated carbocycles. The lowest BCUT2D eigenvalue weighted by Crippen LogP contribution is -2.25. The molecular weight excluding hydrogens is 206 g/mol. The number of hydrogen-bond acceptors (Lipinski definition) is 4. The molecule has 0 bridgehead atoms. The zero-order valence-corrected chi connectivity index (χ0v) is 10.1. The van der Waals surface area contributed by atoms with E-state index in [0.717, 1.165) is 12.2 Å². The van der Waals surface area contributed by atoms with Crippen molar-refractivity contribution in [3.05, 3.63) is 24.0 Å². The van der Waals surface area contributed by atoms with E-state index in [2.05, 4.69) is 4.98 Å². The van der Waals surface area contributed by atoms with Crippen molar-refractivity contribution < 1.29 is 14.6 Å². The van der Waals surface area contributed by atoms with Crippen LogP contribution in [-0.2, 0) is 11.3 Å². The van der Waals surface area contributed by atoms with E-state index in [1.165, 1.54) is 0 Å². The maximum absolute atomic E-state index is 8.92. The molecule has 90 valence electrons. The van der Waals surface area contributed by atoms with Gasteiger partial charge in [-0.3, -0.25) is 4.98 Å². The van der Waals surface area contributed by atoms with Crippen LogP contribution >= 0.6 is 0 Å². The topological polar surface area (TPSA) is 51.6 Å². The van der Waals surface area contributed by atoms with Gasteiger partial charge in [0.05, 0.1) is 24.5 Å². The molecule has 16 heavy (non-hydrogen) atoms. The van der Waals surface area contributed by atoms with Gasteiger partial charge in [0.25, 0.3) is 0 Å². The molecule has 0 atom stereocenters. The average molecular weight is 225 g/mol. The number of aromatic nitrogens is 1. The predicted molar refractivity (Wildman–Crippen MR) is 61.4 cm³/mol. The van der Waals surface area contributed by atoms with Crippen molar-refractivity contribution in [2.24, 2.45) is 0 Å². The summed E-state index contributed by atoms with van der Waals surface area (Å²) in [4.78, 5) is 3.98. The maximum atomic E-state index is 8.92. The summed E-state index contributed by atoms with van der Waals surface area (Å²) in [6.07, 6.45) is 2.43. The van der Waals surface area contributed by atoms with Crippen molar-refractivity contribution in [1.82, 2.24) is 4.98 Å². The highest BCUT2D eigenvalue weighted by molar-refractivity contribution is 5.22. The molecule has 0 aliphatic rings. The second-order valence-corrected chi connectivity index (χ2v) is 4.20. The molecule has 0 spiro atoms. The predicted octanol–water partition coefficient (Wildman–Crippen LogP) is 1.77. The molecule has 0 radical (unpaired) electrons. The van der Waals surface area contributed by atoms with E-state index in [1.54, 1.807) is 25.4 Å². The van der Waals surface area contributed by atoms with Crippen LogP contribution in [0.3, 0.4) is 0 Å². The molecule has 0 unspecified atom stereocenters. The summed E-state index contributed by atoms with van der Waals surface area (Å²) in [6, 6.07) is 3.51. The molecule has 0 aliphatic heterocycles. The third kappa shape index (κ3) is 4.16. The summed E-state index contributed by atoms with van der Waals surface area (Å²) in [7, 11) is 1.69. The van der Waals surface area contributed by atoms with Gasteiger partial charge in [0.15, 0.2) is 0 Å². The van der Waals surface area contributed by atoms with Crippen LogP contribution in [0.1, 0.15) is 26.0 Å². The van der Waals surface area contributed by atoms with E-state index in [1.807, 2.05) is 13.8 Å². The van der Waals surface area contributed by atoms with Gasteiger partial charge in [-0.25, -0.2) is 0 Å². The van der Waals surface area contributed by atoms with Gasteiger partial charge < -0.3 is 14.6 Å². The fourth-order valence-corrected chi connectivity index (χ4v) is 1.15. The fraction of sp³-hybridized carbons (Fsp3) is 0.583. The summed E-state index contributed by atoms with van der Waals surface area (Å²) >= 11 is 0. The first kappa shape index (κ1) is 12.9. The highest BCUT2D eigenvalue weighted by Gasteiger charge is 2.15. The van der Waals surface area contributed by atoms with Crippen LogP contribution in [0.4, 0.5) is 0 Å². The number of aliphatic hydroxyl groups is 1. The Kier molecular flexibility index (Phi) is 4.71. The number of ether oxygens (including phenoxy) is 2. The Labute approximate surface area is 96.2 Å². The van der Waals surface area contributed by atoms with Crippen molar-refractivity contribution in [2.75, 3.05) is 13.7 Å². The van der Waals surface area contributed by atoms with Gasteiger partial charge >= 0.3 is 0 Å². The molecule has 4 nitrogen and oxygen atoms in total. The van der Waals surface area contributed by atoms with Gasteiger partial charge in [-0.15, -0.1) is 0 Å². The highest BCUT2D eigenvalue weighted by Crippen LogP contribution is 2.15. The van der Waals surface area contributed by atoms with E-state index in [9.17, 15) is 0 Å². The SMILES string of the molecule is COC(C)(C)CCOc1ccnc(CO)c1. The van der Waals surface area contributed by atoms with E-state index >= 15 is 0 Å². The fourth-order valence-electron chi connectivity index (χ4n) is 1.15. The van der Waals surface area contributed by atoms with Crippen LogP contribution < -0.4 is 4.74 Å². The van der Waals surface area contributed by atoms with Gasteiger partial charge in [0.1, 0.15) is 5.75 Å². The largest absolute Gasteiger partial charge is 0.493 e. The first-order chi connectivity index (χ1) is 7.57. The van der Waals surface area contributed by atoms with Gasteiger partial charge in [-0.2, -0.15) is 0 Å². The number of hydrogen-bond donors (Lipinski definition) is 1. The first-order valence-electron chi connectivity index (χ1n) is 5.31. The number of nitrogens with zero attached hydrogens (tertiary/aromatic N) is 1. The highest BCUT2D eigenvalue weighted by atomic mass is 16.5. The Balaban J connectivity index is 2.42. The van der Waals surface area contributed by atoms with E-state index in [-0.39, 0.29) is 12.2 Å². The molecule has 1 heterocycles. The number of rotatable bonds is 6. The second kappa shape index (κ2) is 5.82. The number of pyridine rings is 1. The number of methoxy groups -OCH3 is 1. The first-order valence-corrected chi connectivity index (χ1v) is 5.31. The quantitative estimate of drug-likeness (QED) is 0.801. The monoisotopic (exact) mass is 225 g/mol. The van der Waals surface area contributed by atoms with Crippen molar-refractivity contribution in [3.8, 4) is 5.75 Å². The Hall–Kier alpha value is -1.13. The molecule has 0 aliphatic carbocycles. The third-order valence-electron chi connectivity index (χ3n) is 2.48. The summed E-state index contributed by atoms with van der Waals surface area (Å²) in [5.41, 5.74) is 0.441. The third-order valence-corrected chi connectivity index (χ3v) is 2.48. The minimum Gasteiger partial charge on any atom is -0.493 e. The molecule has 1 aromatic heterocycles. The van der Waals surface area contributed by atoms with Crippen LogP contribution in [0, 0.1) is 0 Å². The summed E-state index contributed by atoms with van der Waals surface area (Å²) < 4.78 is 10.8. The molecule has 0 saturated heterocycles. The lowest BCUT2D eigenvalue weighted by Gasteiger charge is -2.22. The molecular formula is C12H19NO3. The van der Waals surface area contributed by atoms with Gasteiger partial charge in [-0.1, -0.05) is 0 Å². The second-order valence-electron chi connectivity index (χ2n) is 4.20. The van der Waals surface area contributed by atoms with Crippen LogP contribution in [0.2, 0.25) is 0 Å². The van der Waals surface area contributed by atoms with Gasteiger partial charge in [-0.05, 0) is 19.9 Å². The smallest absolute Gasteiger partial charge is 0.122 e. The molecule has 0 aromatic carbocycles. The minimum atomic E-state index is -0.174. The Morgan fingerprint density at radius 1 is 1.44 bits per heavy atom. The molecule has 4 heteroatoms. The van der Waals surface area contributed by atoms with Crippen molar-refractivity contribution in [3.63, 3.8) is 0 Å². The number of aliphatic hydroxyl groups excluding tert-OH is 1. The van der Waals surface area contributed by atoms with E-state index in [0.29, 0.717) is 12.3 Å². The van der Waals surface area contributed by atoms with Gasteiger partial charge in [0.2, 0.25) is 0 Å². The summed E-state index contributed by atoms with van der Waals surface area (Å²) in [5, 5.41) is 8.92. The Morgan fingerprint density at radius 3 is 2.81 bits per heavy atom. The van der Waals surface area contributed by atoms with Crippen molar-refractivity contribution in [1.29, 1.82) is 0 Å². The lowest BCUT2D eigenvalue weighted by molar-refractivity contribution is 0.00543. The standard InChI is InChI=1S/C12H19NO3/c1-12(2,15-3)5-7-16-11-4-6-13-10(8-11)9-14/h4,6,8,14H,5,7,9H2,1-3H3. The molecule has 0 fully saturated rings. The van der Waals surface area contributed by atoms with Crippen LogP contribution in [-0.4, -0.2) is 29.4 Å². The average Bonchev–Trinajstić information content (AvgIpc) is 2.29. The van der Waals surface area contributed by atoms with Crippen molar-refractivity contribution >= 4 is 0 Å². The normalized spacial score (nSPS) is 11.5.